The van der Waals surface area contributed by atoms with Gasteiger partial charge in [-0.15, -0.1) is 0 Å². The van der Waals surface area contributed by atoms with Gasteiger partial charge in [-0.3, -0.25) is 4.40 Å². The molecular formula is C20H21N3O3S. The van der Waals surface area contributed by atoms with Crippen LogP contribution in [0.3, 0.4) is 0 Å². The number of nitrogens with one attached hydrogen (secondary N) is 1. The number of methoxy groups -OCH3 is 2. The van der Waals surface area contributed by atoms with E-state index in [1.54, 1.807) is 37.7 Å². The Labute approximate surface area is 161 Å². The summed E-state index contributed by atoms with van der Waals surface area (Å²) in [7, 11) is 3.38. The Hall–Kier alpha value is -2.77. The van der Waals surface area contributed by atoms with E-state index < -0.39 is 0 Å². The molecule has 0 aliphatic carbocycles. The van der Waals surface area contributed by atoms with Crippen LogP contribution >= 0.6 is 11.3 Å². The van der Waals surface area contributed by atoms with E-state index in [0.717, 1.165) is 51.0 Å². The van der Waals surface area contributed by atoms with Crippen molar-refractivity contribution >= 4 is 32.3 Å². The summed E-state index contributed by atoms with van der Waals surface area (Å²) in [4.78, 5) is 5.78. The fraction of sp³-hybridized carbons (Fsp3) is 0.250. The van der Waals surface area contributed by atoms with Crippen LogP contribution in [0.2, 0.25) is 0 Å². The number of ether oxygens (including phenoxy) is 2. The van der Waals surface area contributed by atoms with E-state index in [9.17, 15) is 5.11 Å². The van der Waals surface area contributed by atoms with Crippen molar-refractivity contribution in [2.75, 3.05) is 32.7 Å². The highest BCUT2D eigenvalue weighted by molar-refractivity contribution is 7.23. The van der Waals surface area contributed by atoms with E-state index in [2.05, 4.69) is 15.8 Å². The van der Waals surface area contributed by atoms with E-state index in [1.165, 1.54) is 0 Å². The first kappa shape index (κ1) is 17.6. The minimum atomic E-state index is 0.243. The molecule has 4 aromatic rings. The van der Waals surface area contributed by atoms with Gasteiger partial charge in [-0.25, -0.2) is 4.98 Å². The number of rotatable bonds is 7. The van der Waals surface area contributed by atoms with Crippen LogP contribution in [0.25, 0.3) is 26.4 Å². The van der Waals surface area contributed by atoms with Gasteiger partial charge in [0.05, 0.1) is 17.3 Å². The summed E-state index contributed by atoms with van der Waals surface area (Å²) < 4.78 is 13.8. The van der Waals surface area contributed by atoms with Gasteiger partial charge in [0.1, 0.15) is 23.0 Å². The maximum atomic E-state index is 9.60. The SMILES string of the molecule is COCCCNc1c(-c2ccc(O)cc2)nc2sc3cc(OC)ccc3n12. The van der Waals surface area contributed by atoms with Crippen molar-refractivity contribution in [2.24, 2.45) is 0 Å². The van der Waals surface area contributed by atoms with Crippen molar-refractivity contribution in [3.63, 3.8) is 0 Å². The highest BCUT2D eigenvalue weighted by atomic mass is 32.1. The number of hydrogen-bond acceptors (Lipinski definition) is 6. The lowest BCUT2D eigenvalue weighted by Crippen LogP contribution is -2.07. The van der Waals surface area contributed by atoms with E-state index in [-0.39, 0.29) is 5.75 Å². The zero-order valence-corrected chi connectivity index (χ0v) is 16.0. The molecule has 0 amide bonds. The van der Waals surface area contributed by atoms with Gasteiger partial charge in [-0.05, 0) is 48.9 Å². The van der Waals surface area contributed by atoms with Crippen molar-refractivity contribution < 1.29 is 14.6 Å². The van der Waals surface area contributed by atoms with Crippen molar-refractivity contribution in [2.45, 2.75) is 6.42 Å². The normalized spacial score (nSPS) is 11.3. The molecule has 2 aromatic heterocycles. The number of fused-ring (bicyclic) bond motifs is 3. The van der Waals surface area contributed by atoms with Crippen molar-refractivity contribution in [1.82, 2.24) is 9.38 Å². The lowest BCUT2D eigenvalue weighted by atomic mass is 10.1. The molecule has 0 aliphatic rings. The second-order valence-electron chi connectivity index (χ2n) is 6.18. The predicted octanol–water partition coefficient (Wildman–Crippen LogP) is 4.38. The van der Waals surface area contributed by atoms with Gasteiger partial charge in [0.15, 0.2) is 4.96 Å². The third kappa shape index (κ3) is 3.31. The quantitative estimate of drug-likeness (QED) is 0.464. The predicted molar refractivity (Wildman–Crippen MR) is 109 cm³/mol. The number of aromatic nitrogens is 2. The Bertz CT molecular complexity index is 1070. The largest absolute Gasteiger partial charge is 0.508 e. The molecule has 0 spiro atoms. The van der Waals surface area contributed by atoms with Crippen LogP contribution in [-0.2, 0) is 4.74 Å². The number of aromatic hydroxyl groups is 1. The van der Waals surface area contributed by atoms with Gasteiger partial charge >= 0.3 is 0 Å². The lowest BCUT2D eigenvalue weighted by Gasteiger charge is -2.09. The van der Waals surface area contributed by atoms with Crippen LogP contribution in [0.5, 0.6) is 11.5 Å². The fourth-order valence-electron chi connectivity index (χ4n) is 3.08. The molecule has 6 nitrogen and oxygen atoms in total. The van der Waals surface area contributed by atoms with E-state index >= 15 is 0 Å². The summed E-state index contributed by atoms with van der Waals surface area (Å²) in [5.41, 5.74) is 2.92. The molecule has 27 heavy (non-hydrogen) atoms. The van der Waals surface area contributed by atoms with Crippen LogP contribution in [0, 0.1) is 0 Å². The molecule has 0 fully saturated rings. The summed E-state index contributed by atoms with van der Waals surface area (Å²) >= 11 is 1.63. The fourth-order valence-corrected chi connectivity index (χ4v) is 4.14. The first-order valence-corrected chi connectivity index (χ1v) is 9.54. The molecule has 2 aromatic carbocycles. The molecule has 0 bridgehead atoms. The molecule has 0 atom stereocenters. The van der Waals surface area contributed by atoms with Gasteiger partial charge in [-0.1, -0.05) is 11.3 Å². The average Bonchev–Trinajstić information content (AvgIpc) is 3.21. The molecular weight excluding hydrogens is 362 g/mol. The zero-order valence-electron chi connectivity index (χ0n) is 15.2. The van der Waals surface area contributed by atoms with Crippen LogP contribution in [-0.4, -0.2) is 41.9 Å². The van der Waals surface area contributed by atoms with Crippen LogP contribution in [0.15, 0.2) is 42.5 Å². The summed E-state index contributed by atoms with van der Waals surface area (Å²) in [5, 5.41) is 13.1. The van der Waals surface area contributed by atoms with Crippen molar-refractivity contribution in [3.05, 3.63) is 42.5 Å². The first-order chi connectivity index (χ1) is 13.2. The molecule has 2 heterocycles. The lowest BCUT2D eigenvalue weighted by molar-refractivity contribution is 0.198. The Kier molecular flexibility index (Phi) is 4.87. The third-order valence-electron chi connectivity index (χ3n) is 4.41. The number of thiazole rings is 1. The topological polar surface area (TPSA) is 68.0 Å². The minimum absolute atomic E-state index is 0.243. The van der Waals surface area contributed by atoms with Crippen molar-refractivity contribution in [3.8, 4) is 22.8 Å². The number of phenols is 1. The Morgan fingerprint density at radius 3 is 2.70 bits per heavy atom. The van der Waals surface area contributed by atoms with E-state index in [0.29, 0.717) is 6.61 Å². The molecule has 0 radical (unpaired) electrons. The first-order valence-electron chi connectivity index (χ1n) is 8.72. The number of nitrogens with zero attached hydrogens (tertiary/aromatic N) is 2. The highest BCUT2D eigenvalue weighted by Gasteiger charge is 2.18. The minimum Gasteiger partial charge on any atom is -0.508 e. The molecule has 0 aliphatic heterocycles. The van der Waals surface area contributed by atoms with Gasteiger partial charge < -0.3 is 19.9 Å². The number of benzene rings is 2. The Morgan fingerprint density at radius 2 is 1.96 bits per heavy atom. The summed E-state index contributed by atoms with van der Waals surface area (Å²) in [5.74, 6) is 2.02. The number of imidazole rings is 1. The molecule has 7 heteroatoms. The van der Waals surface area contributed by atoms with Crippen LogP contribution < -0.4 is 10.1 Å². The molecule has 0 unspecified atom stereocenters. The summed E-state index contributed by atoms with van der Waals surface area (Å²) in [6, 6.07) is 13.2. The zero-order chi connectivity index (χ0) is 18.8. The van der Waals surface area contributed by atoms with E-state index in [1.807, 2.05) is 24.3 Å². The van der Waals surface area contributed by atoms with E-state index in [4.69, 9.17) is 14.5 Å². The van der Waals surface area contributed by atoms with Crippen LogP contribution in [0.4, 0.5) is 5.82 Å². The van der Waals surface area contributed by atoms with Gasteiger partial charge in [0.2, 0.25) is 0 Å². The Balaban J connectivity index is 1.84. The molecule has 0 saturated carbocycles. The number of hydrogen-bond donors (Lipinski definition) is 2. The number of phenolic OH excluding ortho intramolecular Hbond substituents is 1. The smallest absolute Gasteiger partial charge is 0.197 e. The number of anilines is 1. The maximum absolute atomic E-state index is 9.60. The summed E-state index contributed by atoms with van der Waals surface area (Å²) in [6.07, 6.45) is 0.897. The second-order valence-corrected chi connectivity index (χ2v) is 7.19. The maximum Gasteiger partial charge on any atom is 0.197 e. The monoisotopic (exact) mass is 383 g/mol. The van der Waals surface area contributed by atoms with Crippen LogP contribution in [0.1, 0.15) is 6.42 Å². The van der Waals surface area contributed by atoms with Crippen molar-refractivity contribution in [1.29, 1.82) is 0 Å². The van der Waals surface area contributed by atoms with Gasteiger partial charge in [0.25, 0.3) is 0 Å². The Morgan fingerprint density at radius 1 is 1.15 bits per heavy atom. The third-order valence-corrected chi connectivity index (χ3v) is 5.42. The standard InChI is InChI=1S/C20H21N3O3S/c1-25-11-3-10-21-19-18(13-4-6-14(24)7-5-13)22-20-23(19)16-9-8-15(26-2)12-17(16)27-20/h4-9,12,21,24H,3,10-11H2,1-2H3. The second kappa shape index (κ2) is 7.46. The van der Waals surface area contributed by atoms with Gasteiger partial charge in [-0.2, -0.15) is 0 Å². The van der Waals surface area contributed by atoms with Gasteiger partial charge in [0, 0.05) is 25.8 Å². The molecule has 4 rings (SSSR count). The molecule has 2 N–H and O–H groups in total. The molecule has 140 valence electrons. The highest BCUT2D eigenvalue weighted by Crippen LogP contribution is 2.37. The average molecular weight is 383 g/mol. The summed E-state index contributed by atoms with van der Waals surface area (Å²) in [6.45, 7) is 1.48. The molecule has 0 saturated heterocycles.